The van der Waals surface area contributed by atoms with Crippen molar-refractivity contribution in [1.29, 1.82) is 0 Å². The summed E-state index contributed by atoms with van der Waals surface area (Å²) in [5.74, 6) is -0.362. The summed E-state index contributed by atoms with van der Waals surface area (Å²) in [6.45, 7) is 3.88. The third-order valence-corrected chi connectivity index (χ3v) is 2.80. The number of hydrogen-bond donors (Lipinski definition) is 1. The van der Waals surface area contributed by atoms with Crippen LogP contribution in [0.15, 0.2) is 42.5 Å². The van der Waals surface area contributed by atoms with E-state index in [9.17, 15) is 14.9 Å². The lowest BCUT2D eigenvalue weighted by Gasteiger charge is -2.07. The number of nitro benzene ring substituents is 1. The Kier molecular flexibility index (Phi) is 3.79. The van der Waals surface area contributed by atoms with Crippen molar-refractivity contribution in [2.75, 3.05) is 5.32 Å². The Morgan fingerprint density at radius 3 is 2.35 bits per heavy atom. The molecule has 20 heavy (non-hydrogen) atoms. The normalized spacial score (nSPS) is 10.1. The maximum atomic E-state index is 12.1. The zero-order valence-corrected chi connectivity index (χ0v) is 11.2. The van der Waals surface area contributed by atoms with Crippen LogP contribution in [0, 0.1) is 24.0 Å². The molecule has 0 saturated carbocycles. The predicted octanol–water partition coefficient (Wildman–Crippen LogP) is 3.46. The van der Waals surface area contributed by atoms with Gasteiger partial charge in [-0.25, -0.2) is 0 Å². The van der Waals surface area contributed by atoms with Gasteiger partial charge in [-0.2, -0.15) is 0 Å². The first kappa shape index (κ1) is 13.7. The van der Waals surface area contributed by atoms with Crippen molar-refractivity contribution < 1.29 is 9.72 Å². The number of benzene rings is 2. The first-order valence-corrected chi connectivity index (χ1v) is 6.10. The highest BCUT2D eigenvalue weighted by Gasteiger charge is 2.11. The lowest BCUT2D eigenvalue weighted by molar-refractivity contribution is -0.384. The van der Waals surface area contributed by atoms with Crippen molar-refractivity contribution in [2.45, 2.75) is 13.8 Å². The molecule has 0 bridgehead atoms. The fourth-order valence-electron chi connectivity index (χ4n) is 2.01. The minimum absolute atomic E-state index is 0.0990. The summed E-state index contributed by atoms with van der Waals surface area (Å²) in [5, 5.41) is 13.4. The van der Waals surface area contributed by atoms with Crippen LogP contribution in [0.3, 0.4) is 0 Å². The Bertz CT molecular complexity index is 660. The molecule has 1 N–H and O–H groups in total. The molecule has 0 heterocycles. The summed E-state index contributed by atoms with van der Waals surface area (Å²) in [7, 11) is 0. The van der Waals surface area contributed by atoms with Gasteiger partial charge in [0.05, 0.1) is 4.92 Å². The van der Waals surface area contributed by atoms with Gasteiger partial charge in [0, 0.05) is 23.4 Å². The summed E-state index contributed by atoms with van der Waals surface area (Å²) in [6.07, 6.45) is 0. The van der Waals surface area contributed by atoms with E-state index in [1.807, 2.05) is 32.0 Å². The molecule has 0 aliphatic carbocycles. The number of carbonyl (C=O) groups excluding carboxylic acids is 1. The summed E-state index contributed by atoms with van der Waals surface area (Å²) in [4.78, 5) is 22.3. The smallest absolute Gasteiger partial charge is 0.270 e. The van der Waals surface area contributed by atoms with Gasteiger partial charge >= 0.3 is 0 Å². The average Bonchev–Trinajstić information content (AvgIpc) is 2.37. The Hall–Kier alpha value is -2.69. The third kappa shape index (κ3) is 3.20. The molecule has 102 valence electrons. The molecule has 2 rings (SSSR count). The number of hydrogen-bond acceptors (Lipinski definition) is 3. The van der Waals surface area contributed by atoms with E-state index < -0.39 is 4.92 Å². The van der Waals surface area contributed by atoms with Crippen LogP contribution in [0.4, 0.5) is 11.4 Å². The Morgan fingerprint density at radius 1 is 1.10 bits per heavy atom. The maximum Gasteiger partial charge on any atom is 0.270 e. The average molecular weight is 270 g/mol. The molecule has 5 heteroatoms. The minimum Gasteiger partial charge on any atom is -0.322 e. The maximum absolute atomic E-state index is 12.1. The molecule has 2 aromatic carbocycles. The highest BCUT2D eigenvalue weighted by atomic mass is 16.6. The number of nitrogens with one attached hydrogen (secondary N) is 1. The number of anilines is 1. The molecule has 0 aromatic heterocycles. The molecule has 0 saturated heterocycles. The summed E-state index contributed by atoms with van der Waals surface area (Å²) >= 11 is 0. The van der Waals surface area contributed by atoms with Gasteiger partial charge in [0.15, 0.2) is 0 Å². The molecule has 0 radical (unpaired) electrons. The molecule has 0 unspecified atom stereocenters. The molecule has 1 amide bonds. The van der Waals surface area contributed by atoms with E-state index in [4.69, 9.17) is 0 Å². The Labute approximate surface area is 116 Å². The van der Waals surface area contributed by atoms with Crippen LogP contribution >= 0.6 is 0 Å². The van der Waals surface area contributed by atoms with Crippen molar-refractivity contribution in [3.63, 3.8) is 0 Å². The van der Waals surface area contributed by atoms with Gasteiger partial charge in [-0.3, -0.25) is 14.9 Å². The fraction of sp³-hybridized carbons (Fsp3) is 0.133. The van der Waals surface area contributed by atoms with E-state index in [-0.39, 0.29) is 17.2 Å². The first-order chi connectivity index (χ1) is 9.45. The highest BCUT2D eigenvalue weighted by molar-refractivity contribution is 6.04. The number of aryl methyl sites for hydroxylation is 2. The number of amides is 1. The van der Waals surface area contributed by atoms with Gasteiger partial charge < -0.3 is 5.32 Å². The SMILES string of the molecule is Cc1cc(C)cc(NC(=O)c2cccc([N+](=O)[O-])c2)c1. The van der Waals surface area contributed by atoms with Gasteiger partial charge in [0.2, 0.25) is 0 Å². The van der Waals surface area contributed by atoms with E-state index in [2.05, 4.69) is 5.32 Å². The molecule has 5 nitrogen and oxygen atoms in total. The van der Waals surface area contributed by atoms with E-state index >= 15 is 0 Å². The quantitative estimate of drug-likeness (QED) is 0.685. The largest absolute Gasteiger partial charge is 0.322 e. The summed E-state index contributed by atoms with van der Waals surface area (Å²) < 4.78 is 0. The molecule has 2 aromatic rings. The molecule has 0 atom stereocenters. The van der Waals surface area contributed by atoms with Crippen LogP contribution in [-0.4, -0.2) is 10.8 Å². The minimum atomic E-state index is -0.520. The number of carbonyl (C=O) groups is 1. The van der Waals surface area contributed by atoms with Crippen molar-refractivity contribution in [1.82, 2.24) is 0 Å². The van der Waals surface area contributed by atoms with Gasteiger partial charge in [0.1, 0.15) is 0 Å². The number of nitro groups is 1. The van der Waals surface area contributed by atoms with Crippen LogP contribution in [0.1, 0.15) is 21.5 Å². The number of non-ortho nitro benzene ring substituents is 1. The Balaban J connectivity index is 2.23. The van der Waals surface area contributed by atoms with E-state index in [1.54, 1.807) is 6.07 Å². The van der Waals surface area contributed by atoms with Crippen LogP contribution in [-0.2, 0) is 0 Å². The molecule has 0 fully saturated rings. The predicted molar refractivity (Wildman–Crippen MR) is 77.0 cm³/mol. The second kappa shape index (κ2) is 5.52. The number of rotatable bonds is 3. The topological polar surface area (TPSA) is 72.2 Å². The van der Waals surface area contributed by atoms with Crippen molar-refractivity contribution in [3.8, 4) is 0 Å². The lowest BCUT2D eigenvalue weighted by Crippen LogP contribution is -2.12. The van der Waals surface area contributed by atoms with E-state index in [0.717, 1.165) is 11.1 Å². The summed E-state index contributed by atoms with van der Waals surface area (Å²) in [6, 6.07) is 11.4. The van der Waals surface area contributed by atoms with Gasteiger partial charge in [-0.15, -0.1) is 0 Å². The highest BCUT2D eigenvalue weighted by Crippen LogP contribution is 2.17. The Morgan fingerprint density at radius 2 is 1.75 bits per heavy atom. The third-order valence-electron chi connectivity index (χ3n) is 2.80. The standard InChI is InChI=1S/C15H14N2O3/c1-10-6-11(2)8-13(7-10)16-15(18)12-4-3-5-14(9-12)17(19)20/h3-9H,1-2H3,(H,16,18). The van der Waals surface area contributed by atoms with Gasteiger partial charge in [-0.05, 0) is 43.2 Å². The second-order valence-corrected chi connectivity index (χ2v) is 4.64. The number of nitrogens with zero attached hydrogens (tertiary/aromatic N) is 1. The first-order valence-electron chi connectivity index (χ1n) is 6.10. The molecular formula is C15H14N2O3. The summed E-state index contributed by atoms with van der Waals surface area (Å²) in [5.41, 5.74) is 2.93. The van der Waals surface area contributed by atoms with Crippen molar-refractivity contribution in [2.24, 2.45) is 0 Å². The fourth-order valence-corrected chi connectivity index (χ4v) is 2.01. The van der Waals surface area contributed by atoms with E-state index in [0.29, 0.717) is 5.69 Å². The molecule has 0 aliphatic heterocycles. The van der Waals surface area contributed by atoms with Crippen LogP contribution in [0.25, 0.3) is 0 Å². The molecule has 0 spiro atoms. The van der Waals surface area contributed by atoms with Gasteiger partial charge in [0.25, 0.3) is 11.6 Å². The zero-order chi connectivity index (χ0) is 14.7. The monoisotopic (exact) mass is 270 g/mol. The zero-order valence-electron chi connectivity index (χ0n) is 11.2. The van der Waals surface area contributed by atoms with Crippen LogP contribution in [0.2, 0.25) is 0 Å². The van der Waals surface area contributed by atoms with E-state index in [1.165, 1.54) is 18.2 Å². The van der Waals surface area contributed by atoms with Crippen LogP contribution in [0.5, 0.6) is 0 Å². The van der Waals surface area contributed by atoms with Crippen molar-refractivity contribution in [3.05, 3.63) is 69.3 Å². The second-order valence-electron chi connectivity index (χ2n) is 4.64. The van der Waals surface area contributed by atoms with Crippen LogP contribution < -0.4 is 5.32 Å². The molecule has 0 aliphatic rings. The lowest BCUT2D eigenvalue weighted by atomic mass is 10.1. The van der Waals surface area contributed by atoms with Gasteiger partial charge in [-0.1, -0.05) is 12.1 Å². The van der Waals surface area contributed by atoms with Crippen molar-refractivity contribution >= 4 is 17.3 Å². The molecular weight excluding hydrogens is 256 g/mol.